The summed E-state index contributed by atoms with van der Waals surface area (Å²) in [5.41, 5.74) is 2.90. The predicted molar refractivity (Wildman–Crippen MR) is 65.4 cm³/mol. The molecule has 0 heterocycles. The molecule has 3 N–H and O–H groups in total. The van der Waals surface area contributed by atoms with Gasteiger partial charge in [0.15, 0.2) is 0 Å². The van der Waals surface area contributed by atoms with E-state index in [4.69, 9.17) is 0 Å². The van der Waals surface area contributed by atoms with Crippen molar-refractivity contribution in [1.82, 2.24) is 5.32 Å². The van der Waals surface area contributed by atoms with Gasteiger partial charge in [-0.15, -0.1) is 0 Å². The summed E-state index contributed by atoms with van der Waals surface area (Å²) in [7, 11) is 1.83. The van der Waals surface area contributed by atoms with Gasteiger partial charge in [0, 0.05) is 0 Å². The lowest BCUT2D eigenvalue weighted by Crippen LogP contribution is -2.24. The average molecular weight is 223 g/mol. The molecule has 16 heavy (non-hydrogen) atoms. The van der Waals surface area contributed by atoms with Gasteiger partial charge in [-0.05, 0) is 50.6 Å². The minimum absolute atomic E-state index is 0.547. The summed E-state index contributed by atoms with van der Waals surface area (Å²) >= 11 is 0. The summed E-state index contributed by atoms with van der Waals surface area (Å²) in [6.45, 7) is 4.61. The second-order valence-corrected chi connectivity index (χ2v) is 4.21. The molecule has 0 aliphatic rings. The van der Waals surface area contributed by atoms with Crippen molar-refractivity contribution >= 4 is 0 Å². The first-order valence-corrected chi connectivity index (χ1v) is 5.64. The van der Waals surface area contributed by atoms with Gasteiger partial charge in [0.1, 0.15) is 6.10 Å². The van der Waals surface area contributed by atoms with Gasteiger partial charge in [-0.3, -0.25) is 0 Å². The molecule has 0 aliphatic heterocycles. The number of aliphatic hydroxyl groups excluding tert-OH is 2. The van der Waals surface area contributed by atoms with E-state index in [1.807, 2.05) is 39.1 Å². The minimum atomic E-state index is -0.797. The van der Waals surface area contributed by atoms with Crippen LogP contribution >= 0.6 is 0 Å². The van der Waals surface area contributed by atoms with Gasteiger partial charge in [-0.25, -0.2) is 0 Å². The molecule has 0 radical (unpaired) electrons. The Kier molecular flexibility index (Phi) is 4.93. The molecule has 0 amide bonds. The number of nitrogens with one attached hydrogen (secondary N) is 1. The molecule has 2 unspecified atom stereocenters. The van der Waals surface area contributed by atoms with Crippen LogP contribution in [0.15, 0.2) is 18.2 Å². The van der Waals surface area contributed by atoms with Crippen LogP contribution in [-0.4, -0.2) is 29.9 Å². The standard InChI is InChI=1S/C13H21NO2/c1-9-5-4-6-10(2)12(9)13(16)11(15)7-8-14-3/h4-6,11,13-16H,7-8H2,1-3H3. The van der Waals surface area contributed by atoms with Crippen LogP contribution in [0.4, 0.5) is 0 Å². The van der Waals surface area contributed by atoms with E-state index in [9.17, 15) is 10.2 Å². The van der Waals surface area contributed by atoms with E-state index in [-0.39, 0.29) is 0 Å². The second kappa shape index (κ2) is 5.99. The molecule has 0 bridgehead atoms. The number of benzene rings is 1. The molecule has 1 aromatic carbocycles. The second-order valence-electron chi connectivity index (χ2n) is 4.21. The molecule has 0 fully saturated rings. The Labute approximate surface area is 97.1 Å². The van der Waals surface area contributed by atoms with Gasteiger partial charge >= 0.3 is 0 Å². The van der Waals surface area contributed by atoms with Crippen LogP contribution in [-0.2, 0) is 0 Å². The van der Waals surface area contributed by atoms with E-state index >= 15 is 0 Å². The number of hydrogen-bond donors (Lipinski definition) is 3. The normalized spacial score (nSPS) is 14.8. The van der Waals surface area contributed by atoms with Crippen molar-refractivity contribution in [3.8, 4) is 0 Å². The highest BCUT2D eigenvalue weighted by Gasteiger charge is 2.20. The third-order valence-corrected chi connectivity index (χ3v) is 2.89. The number of hydrogen-bond acceptors (Lipinski definition) is 3. The lowest BCUT2D eigenvalue weighted by Gasteiger charge is -2.21. The number of aliphatic hydroxyl groups is 2. The third kappa shape index (κ3) is 3.04. The van der Waals surface area contributed by atoms with E-state index in [1.165, 1.54) is 0 Å². The zero-order valence-corrected chi connectivity index (χ0v) is 10.2. The first-order chi connectivity index (χ1) is 7.57. The Morgan fingerprint density at radius 3 is 2.25 bits per heavy atom. The van der Waals surface area contributed by atoms with Gasteiger partial charge in [-0.2, -0.15) is 0 Å². The van der Waals surface area contributed by atoms with Crippen molar-refractivity contribution in [1.29, 1.82) is 0 Å². The third-order valence-electron chi connectivity index (χ3n) is 2.89. The van der Waals surface area contributed by atoms with Crippen molar-refractivity contribution < 1.29 is 10.2 Å². The first-order valence-electron chi connectivity index (χ1n) is 5.64. The van der Waals surface area contributed by atoms with Crippen LogP contribution in [0.1, 0.15) is 29.2 Å². The van der Waals surface area contributed by atoms with E-state index < -0.39 is 12.2 Å². The summed E-state index contributed by atoms with van der Waals surface area (Å²) in [4.78, 5) is 0. The van der Waals surface area contributed by atoms with Crippen LogP contribution in [0.3, 0.4) is 0 Å². The van der Waals surface area contributed by atoms with E-state index in [0.717, 1.165) is 16.7 Å². The van der Waals surface area contributed by atoms with E-state index in [1.54, 1.807) is 0 Å². The predicted octanol–water partition coefficient (Wildman–Crippen LogP) is 1.31. The summed E-state index contributed by atoms with van der Waals surface area (Å²) in [6, 6.07) is 5.87. The maximum atomic E-state index is 10.1. The summed E-state index contributed by atoms with van der Waals surface area (Å²) in [5.74, 6) is 0. The molecule has 0 aliphatic carbocycles. The molecule has 1 rings (SSSR count). The van der Waals surface area contributed by atoms with Crippen molar-refractivity contribution in [2.24, 2.45) is 0 Å². The molecule has 0 saturated heterocycles. The van der Waals surface area contributed by atoms with Crippen molar-refractivity contribution in [3.05, 3.63) is 34.9 Å². The average Bonchev–Trinajstić information content (AvgIpc) is 2.25. The molecule has 0 saturated carbocycles. The Balaban J connectivity index is 2.82. The fourth-order valence-electron chi connectivity index (χ4n) is 1.94. The zero-order chi connectivity index (χ0) is 12.1. The molecule has 90 valence electrons. The van der Waals surface area contributed by atoms with Crippen LogP contribution in [0, 0.1) is 13.8 Å². The molecule has 0 spiro atoms. The highest BCUT2D eigenvalue weighted by molar-refractivity contribution is 5.35. The van der Waals surface area contributed by atoms with Crippen LogP contribution < -0.4 is 5.32 Å². The first kappa shape index (κ1) is 13.2. The Morgan fingerprint density at radius 2 is 1.75 bits per heavy atom. The van der Waals surface area contributed by atoms with Gasteiger partial charge in [0.2, 0.25) is 0 Å². The largest absolute Gasteiger partial charge is 0.390 e. The topological polar surface area (TPSA) is 52.5 Å². The monoisotopic (exact) mass is 223 g/mol. The number of aryl methyl sites for hydroxylation is 2. The molecule has 3 nitrogen and oxygen atoms in total. The van der Waals surface area contributed by atoms with Crippen molar-refractivity contribution in [2.45, 2.75) is 32.5 Å². The van der Waals surface area contributed by atoms with Crippen LogP contribution in [0.25, 0.3) is 0 Å². The fourth-order valence-corrected chi connectivity index (χ4v) is 1.94. The summed E-state index contributed by atoms with van der Waals surface area (Å²) in [6.07, 6.45) is -0.965. The fraction of sp³-hybridized carbons (Fsp3) is 0.538. The SMILES string of the molecule is CNCCC(O)C(O)c1c(C)cccc1C. The molecule has 0 aromatic heterocycles. The van der Waals surface area contributed by atoms with Crippen molar-refractivity contribution in [3.63, 3.8) is 0 Å². The van der Waals surface area contributed by atoms with Gasteiger partial charge in [-0.1, -0.05) is 18.2 Å². The van der Waals surface area contributed by atoms with Crippen LogP contribution in [0.2, 0.25) is 0 Å². The van der Waals surface area contributed by atoms with E-state index in [0.29, 0.717) is 13.0 Å². The van der Waals surface area contributed by atoms with Gasteiger partial charge in [0.05, 0.1) is 6.10 Å². The Bertz CT molecular complexity index is 318. The molecule has 1 aromatic rings. The lowest BCUT2D eigenvalue weighted by atomic mass is 9.94. The molecule has 3 heteroatoms. The van der Waals surface area contributed by atoms with Crippen molar-refractivity contribution in [2.75, 3.05) is 13.6 Å². The molecular weight excluding hydrogens is 202 g/mol. The highest BCUT2D eigenvalue weighted by Crippen LogP contribution is 2.25. The quantitative estimate of drug-likeness (QED) is 0.705. The minimum Gasteiger partial charge on any atom is -0.390 e. The number of rotatable bonds is 5. The Hall–Kier alpha value is -0.900. The molecular formula is C13H21NO2. The van der Waals surface area contributed by atoms with Gasteiger partial charge in [0.25, 0.3) is 0 Å². The van der Waals surface area contributed by atoms with E-state index in [2.05, 4.69) is 5.32 Å². The summed E-state index contributed by atoms with van der Waals surface area (Å²) < 4.78 is 0. The smallest absolute Gasteiger partial charge is 0.105 e. The maximum Gasteiger partial charge on any atom is 0.105 e. The Morgan fingerprint density at radius 1 is 1.19 bits per heavy atom. The summed E-state index contributed by atoms with van der Waals surface area (Å²) in [5, 5.41) is 22.9. The van der Waals surface area contributed by atoms with Gasteiger partial charge < -0.3 is 15.5 Å². The lowest BCUT2D eigenvalue weighted by molar-refractivity contribution is 0.0133. The van der Waals surface area contributed by atoms with Crippen LogP contribution in [0.5, 0.6) is 0 Å². The maximum absolute atomic E-state index is 10.1. The highest BCUT2D eigenvalue weighted by atomic mass is 16.3. The molecule has 2 atom stereocenters. The zero-order valence-electron chi connectivity index (χ0n) is 10.2.